The fourth-order valence-electron chi connectivity index (χ4n) is 4.71. The van der Waals surface area contributed by atoms with Crippen LogP contribution < -0.4 is 30.5 Å². The summed E-state index contributed by atoms with van der Waals surface area (Å²) in [6.07, 6.45) is -0.499. The lowest BCUT2D eigenvalue weighted by molar-refractivity contribution is -0.125. The third kappa shape index (κ3) is 3.79. The third-order valence-electron chi connectivity index (χ3n) is 6.41. The van der Waals surface area contributed by atoms with E-state index in [1.54, 1.807) is 19.2 Å². The number of hydrogen-bond donors (Lipinski definition) is 3. The molecule has 0 radical (unpaired) electrons. The molecule has 3 N–H and O–H groups in total. The van der Waals surface area contributed by atoms with Gasteiger partial charge in [-0.3, -0.25) is 20.3 Å². The number of fused-ring (bicyclic) bond motifs is 1. The van der Waals surface area contributed by atoms with Crippen LogP contribution in [0.25, 0.3) is 0 Å². The molecule has 2 aromatic rings. The van der Waals surface area contributed by atoms with Gasteiger partial charge >= 0.3 is 6.03 Å². The number of para-hydroxylation sites is 3. The summed E-state index contributed by atoms with van der Waals surface area (Å²) in [5, 5.41) is 9.86. The minimum Gasteiger partial charge on any atom is -0.495 e. The van der Waals surface area contributed by atoms with E-state index in [1.165, 1.54) is 4.90 Å². The molecule has 32 heavy (non-hydrogen) atoms. The van der Waals surface area contributed by atoms with Crippen molar-refractivity contribution in [3.05, 3.63) is 54.6 Å². The number of nitrogens with one attached hydrogen (secondary N) is 3. The van der Waals surface area contributed by atoms with E-state index in [-0.39, 0.29) is 18.1 Å². The van der Waals surface area contributed by atoms with Crippen LogP contribution in [0, 0.1) is 5.92 Å². The Labute approximate surface area is 187 Å². The summed E-state index contributed by atoms with van der Waals surface area (Å²) in [5.41, 5.74) is 1.69. The van der Waals surface area contributed by atoms with Crippen LogP contribution in [0.4, 0.5) is 16.2 Å². The smallest absolute Gasteiger partial charge is 0.330 e. The Bertz CT molecular complexity index is 979. The van der Waals surface area contributed by atoms with Crippen molar-refractivity contribution >= 4 is 23.3 Å². The van der Waals surface area contributed by atoms with Crippen LogP contribution in [0.1, 0.15) is 0 Å². The lowest BCUT2D eigenvalue weighted by Crippen LogP contribution is -2.76. The second kappa shape index (κ2) is 8.78. The number of imide groups is 1. The topological polar surface area (TPSA) is 89.2 Å². The molecule has 0 spiro atoms. The molecule has 5 rings (SSSR count). The molecule has 3 fully saturated rings. The van der Waals surface area contributed by atoms with Gasteiger partial charge < -0.3 is 15.0 Å². The first kappa shape index (κ1) is 20.7. The minimum atomic E-state index is -0.395. The number of benzene rings is 2. The van der Waals surface area contributed by atoms with Crippen molar-refractivity contribution < 1.29 is 14.3 Å². The predicted molar refractivity (Wildman–Crippen MR) is 121 cm³/mol. The van der Waals surface area contributed by atoms with Gasteiger partial charge in [-0.1, -0.05) is 30.3 Å². The SMILES string of the molecule is COc1ccccc1N1CCN(C2NCC3C(=O)N(c4ccccc4)C(=O)NC3N2)CC1. The second-order valence-electron chi connectivity index (χ2n) is 8.22. The van der Waals surface area contributed by atoms with Crippen molar-refractivity contribution in [2.45, 2.75) is 12.5 Å². The molecule has 3 unspecified atom stereocenters. The van der Waals surface area contributed by atoms with Crippen LogP contribution in [-0.4, -0.2) is 69.1 Å². The van der Waals surface area contributed by atoms with E-state index in [9.17, 15) is 9.59 Å². The monoisotopic (exact) mass is 436 g/mol. The van der Waals surface area contributed by atoms with Crippen molar-refractivity contribution in [3.8, 4) is 5.75 Å². The van der Waals surface area contributed by atoms with Crippen LogP contribution in [0.3, 0.4) is 0 Å². The summed E-state index contributed by atoms with van der Waals surface area (Å²) in [6.45, 7) is 3.91. The highest BCUT2D eigenvalue weighted by atomic mass is 16.5. The number of hydrogen-bond acceptors (Lipinski definition) is 7. The standard InChI is InChI=1S/C23H28N6O3/c1-32-19-10-6-5-9-18(19)27-11-13-28(14-12-27)22-24-15-17-20(25-22)26-23(31)29(21(17)30)16-7-3-2-4-8-16/h2-10,17,20,22,24-25H,11-15H2,1H3,(H,26,31). The molecule has 2 aromatic carbocycles. The molecule has 9 nitrogen and oxygen atoms in total. The number of amides is 3. The average Bonchev–Trinajstić information content (AvgIpc) is 2.84. The Kier molecular flexibility index (Phi) is 5.69. The van der Waals surface area contributed by atoms with Crippen LogP contribution >= 0.6 is 0 Å². The molecule has 9 heteroatoms. The summed E-state index contributed by atoms with van der Waals surface area (Å²) in [5.74, 6) is 0.326. The van der Waals surface area contributed by atoms with Crippen molar-refractivity contribution in [2.24, 2.45) is 5.92 Å². The molecule has 0 aromatic heterocycles. The Balaban J connectivity index is 1.21. The molecular formula is C23H28N6O3. The molecule has 3 amide bonds. The van der Waals surface area contributed by atoms with E-state index >= 15 is 0 Å². The van der Waals surface area contributed by atoms with Crippen molar-refractivity contribution in [1.29, 1.82) is 0 Å². The maximum Gasteiger partial charge on any atom is 0.330 e. The molecule has 3 atom stereocenters. The van der Waals surface area contributed by atoms with E-state index in [0.717, 1.165) is 37.6 Å². The van der Waals surface area contributed by atoms with E-state index in [1.807, 2.05) is 36.4 Å². The number of carbonyl (C=O) groups excluding carboxylic acids is 2. The molecule has 0 aliphatic carbocycles. The van der Waals surface area contributed by atoms with Gasteiger partial charge in [-0.05, 0) is 24.3 Å². The minimum absolute atomic E-state index is 0.104. The Hall–Kier alpha value is -3.14. The fraction of sp³-hybridized carbons (Fsp3) is 0.391. The van der Waals surface area contributed by atoms with Crippen molar-refractivity contribution in [2.75, 3.05) is 49.6 Å². The number of anilines is 2. The van der Waals surface area contributed by atoms with Crippen molar-refractivity contribution in [3.63, 3.8) is 0 Å². The first-order valence-electron chi connectivity index (χ1n) is 11.0. The summed E-state index contributed by atoms with van der Waals surface area (Å²) in [6, 6.07) is 16.7. The quantitative estimate of drug-likeness (QED) is 0.659. The van der Waals surface area contributed by atoms with Crippen LogP contribution in [-0.2, 0) is 4.79 Å². The van der Waals surface area contributed by atoms with Gasteiger partial charge in [0.05, 0.1) is 30.6 Å². The van der Waals surface area contributed by atoms with Gasteiger partial charge in [-0.25, -0.2) is 9.69 Å². The number of carbonyl (C=O) groups is 2. The molecule has 3 aliphatic heterocycles. The highest BCUT2D eigenvalue weighted by molar-refractivity contribution is 6.17. The van der Waals surface area contributed by atoms with Gasteiger partial charge in [0.25, 0.3) is 0 Å². The van der Waals surface area contributed by atoms with E-state index in [2.05, 4.69) is 31.8 Å². The second-order valence-corrected chi connectivity index (χ2v) is 8.22. The average molecular weight is 437 g/mol. The van der Waals surface area contributed by atoms with Gasteiger partial charge in [0.15, 0.2) is 0 Å². The van der Waals surface area contributed by atoms with Gasteiger partial charge in [-0.15, -0.1) is 0 Å². The Morgan fingerprint density at radius 3 is 2.41 bits per heavy atom. The fourth-order valence-corrected chi connectivity index (χ4v) is 4.71. The zero-order chi connectivity index (χ0) is 22.1. The highest BCUT2D eigenvalue weighted by Crippen LogP contribution is 2.29. The van der Waals surface area contributed by atoms with Gasteiger partial charge in [-0.2, -0.15) is 0 Å². The number of piperazine rings is 1. The normalized spacial score (nSPS) is 26.5. The number of rotatable bonds is 4. The van der Waals surface area contributed by atoms with Crippen molar-refractivity contribution in [1.82, 2.24) is 20.9 Å². The summed E-state index contributed by atoms with van der Waals surface area (Å²) >= 11 is 0. The first-order chi connectivity index (χ1) is 15.7. The van der Waals surface area contributed by atoms with E-state index < -0.39 is 12.2 Å². The lowest BCUT2D eigenvalue weighted by atomic mass is 9.99. The highest BCUT2D eigenvalue weighted by Gasteiger charge is 2.45. The molecule has 168 valence electrons. The zero-order valence-corrected chi connectivity index (χ0v) is 18.0. The predicted octanol–water partition coefficient (Wildman–Crippen LogP) is 0.992. The van der Waals surface area contributed by atoms with Crippen LogP contribution in [0.5, 0.6) is 5.75 Å². The molecule has 3 heterocycles. The number of ether oxygens (including phenoxy) is 1. The molecule has 3 saturated heterocycles. The Morgan fingerprint density at radius 2 is 1.66 bits per heavy atom. The van der Waals surface area contributed by atoms with Crippen LogP contribution in [0.15, 0.2) is 54.6 Å². The van der Waals surface area contributed by atoms with Gasteiger partial charge in [0, 0.05) is 32.7 Å². The summed E-state index contributed by atoms with van der Waals surface area (Å²) in [4.78, 5) is 31.6. The summed E-state index contributed by atoms with van der Waals surface area (Å²) < 4.78 is 5.51. The number of urea groups is 1. The number of nitrogens with zero attached hydrogens (tertiary/aromatic N) is 3. The van der Waals surface area contributed by atoms with E-state index in [4.69, 9.17) is 4.74 Å². The maximum atomic E-state index is 13.1. The van der Waals surface area contributed by atoms with Gasteiger partial charge in [0.1, 0.15) is 12.0 Å². The molecule has 0 bridgehead atoms. The largest absolute Gasteiger partial charge is 0.495 e. The molecule has 3 aliphatic rings. The first-order valence-corrected chi connectivity index (χ1v) is 11.0. The van der Waals surface area contributed by atoms with Crippen LogP contribution in [0.2, 0.25) is 0 Å². The van der Waals surface area contributed by atoms with Gasteiger partial charge in [0.2, 0.25) is 5.91 Å². The Morgan fingerprint density at radius 1 is 0.938 bits per heavy atom. The van der Waals surface area contributed by atoms with E-state index in [0.29, 0.717) is 12.2 Å². The molecule has 0 saturated carbocycles. The maximum absolute atomic E-state index is 13.1. The molecular weight excluding hydrogens is 408 g/mol. The lowest BCUT2D eigenvalue weighted by Gasteiger charge is -2.48. The zero-order valence-electron chi connectivity index (χ0n) is 18.0. The third-order valence-corrected chi connectivity index (χ3v) is 6.41. The summed E-state index contributed by atoms with van der Waals surface area (Å²) in [7, 11) is 1.69. The number of methoxy groups -OCH3 is 1.